The number of hydrogen-bond donors (Lipinski definition) is 0. The number of nitrogens with zero attached hydrogens (tertiary/aromatic N) is 4. The molecule has 0 N–H and O–H groups in total. The van der Waals surface area contributed by atoms with E-state index in [1.54, 1.807) is 12.4 Å². The maximum absolute atomic E-state index is 6.20. The van der Waals surface area contributed by atoms with Gasteiger partial charge in [-0.2, -0.15) is 0 Å². The van der Waals surface area contributed by atoms with Gasteiger partial charge in [-0.15, -0.1) is 11.3 Å². The molecule has 24 heavy (non-hydrogen) atoms. The molecule has 6 heteroatoms. The summed E-state index contributed by atoms with van der Waals surface area (Å²) in [5.41, 5.74) is 1.39. The predicted octanol–water partition coefficient (Wildman–Crippen LogP) is 3.35. The summed E-state index contributed by atoms with van der Waals surface area (Å²) in [5, 5.41) is 2.17. The number of likely N-dealkylation sites (tertiary alicyclic amines) is 1. The van der Waals surface area contributed by atoms with Crippen LogP contribution in [0.2, 0.25) is 0 Å². The lowest BCUT2D eigenvalue weighted by Gasteiger charge is -2.21. The highest BCUT2D eigenvalue weighted by molar-refractivity contribution is 7.10. The molecule has 1 unspecified atom stereocenters. The number of aryl methyl sites for hydroxylation is 1. The third-order valence-electron chi connectivity index (χ3n) is 4.41. The van der Waals surface area contributed by atoms with Gasteiger partial charge in [0.25, 0.3) is 5.88 Å². The number of rotatable bonds is 7. The Morgan fingerprint density at radius 2 is 2.21 bits per heavy atom. The van der Waals surface area contributed by atoms with Crippen molar-refractivity contribution < 1.29 is 4.74 Å². The van der Waals surface area contributed by atoms with E-state index in [0.717, 1.165) is 44.8 Å². The summed E-state index contributed by atoms with van der Waals surface area (Å²) in [6.45, 7) is 8.34. The topological polar surface area (TPSA) is 41.5 Å². The highest BCUT2D eigenvalue weighted by Crippen LogP contribution is 2.26. The van der Waals surface area contributed by atoms with Crippen molar-refractivity contribution in [1.82, 2.24) is 14.9 Å². The van der Waals surface area contributed by atoms with Crippen molar-refractivity contribution in [3.05, 3.63) is 34.3 Å². The number of aromatic nitrogens is 2. The largest absolute Gasteiger partial charge is 0.470 e. The first-order chi connectivity index (χ1) is 11.7. The molecule has 1 atom stereocenters. The molecule has 0 aliphatic carbocycles. The molecular weight excluding hydrogens is 320 g/mol. The van der Waals surface area contributed by atoms with Crippen molar-refractivity contribution in [2.45, 2.75) is 39.3 Å². The first-order valence-electron chi connectivity index (χ1n) is 8.61. The summed E-state index contributed by atoms with van der Waals surface area (Å²) in [4.78, 5) is 14.9. The van der Waals surface area contributed by atoms with Crippen LogP contribution in [0.15, 0.2) is 23.8 Å². The monoisotopic (exact) mass is 346 g/mol. The fourth-order valence-electron chi connectivity index (χ4n) is 3.07. The Balaban J connectivity index is 1.60. The van der Waals surface area contributed by atoms with Gasteiger partial charge in [0.2, 0.25) is 0 Å². The quantitative estimate of drug-likeness (QED) is 0.769. The van der Waals surface area contributed by atoms with Crippen LogP contribution in [0.4, 0.5) is 5.82 Å². The van der Waals surface area contributed by atoms with Gasteiger partial charge in [0, 0.05) is 50.5 Å². The van der Waals surface area contributed by atoms with E-state index in [1.807, 2.05) is 18.4 Å². The van der Waals surface area contributed by atoms with Gasteiger partial charge in [-0.05, 0) is 36.8 Å². The van der Waals surface area contributed by atoms with Gasteiger partial charge >= 0.3 is 0 Å². The second kappa shape index (κ2) is 7.94. The molecule has 0 bridgehead atoms. The molecule has 3 rings (SSSR count). The summed E-state index contributed by atoms with van der Waals surface area (Å²) in [5.74, 6) is 1.50. The lowest BCUT2D eigenvalue weighted by molar-refractivity contribution is 0.191. The molecule has 3 heterocycles. The molecule has 1 aliphatic rings. The fraction of sp³-hybridized carbons (Fsp3) is 0.556. The molecular formula is C18H26N4OS. The smallest absolute Gasteiger partial charge is 0.257 e. The Bertz CT molecular complexity index is 660. The Labute approximate surface area is 148 Å². The Hall–Kier alpha value is -1.66. The molecule has 2 aromatic heterocycles. The number of anilines is 1. The zero-order valence-electron chi connectivity index (χ0n) is 14.7. The van der Waals surface area contributed by atoms with E-state index in [1.165, 1.54) is 10.4 Å². The van der Waals surface area contributed by atoms with Crippen LogP contribution in [0, 0.1) is 6.92 Å². The summed E-state index contributed by atoms with van der Waals surface area (Å²) in [7, 11) is 2.04. The Morgan fingerprint density at radius 3 is 2.96 bits per heavy atom. The standard InChI is InChI=1S/C18H26N4OS/c1-4-9-21(3)17-18(20-8-7-19-17)23-15-5-10-22(12-15)13-16-14(2)6-11-24-16/h6-8,11,15H,4-5,9-10,12-13H2,1-3H3. The van der Waals surface area contributed by atoms with Crippen molar-refractivity contribution >= 4 is 17.2 Å². The van der Waals surface area contributed by atoms with E-state index in [2.05, 4.69) is 45.1 Å². The van der Waals surface area contributed by atoms with Crippen LogP contribution in [0.3, 0.4) is 0 Å². The Kier molecular flexibility index (Phi) is 5.68. The first-order valence-corrected chi connectivity index (χ1v) is 9.49. The van der Waals surface area contributed by atoms with Crippen LogP contribution in [-0.4, -0.2) is 47.7 Å². The van der Waals surface area contributed by atoms with E-state index in [4.69, 9.17) is 4.74 Å². The molecule has 0 radical (unpaired) electrons. The lowest BCUT2D eigenvalue weighted by atomic mass is 10.3. The molecule has 0 saturated carbocycles. The van der Waals surface area contributed by atoms with Gasteiger partial charge in [0.15, 0.2) is 5.82 Å². The highest BCUT2D eigenvalue weighted by atomic mass is 32.1. The maximum Gasteiger partial charge on any atom is 0.257 e. The van der Waals surface area contributed by atoms with E-state index < -0.39 is 0 Å². The maximum atomic E-state index is 6.20. The normalized spacial score (nSPS) is 18.0. The zero-order chi connectivity index (χ0) is 16.9. The number of thiophene rings is 1. The van der Waals surface area contributed by atoms with Crippen LogP contribution in [0.1, 0.15) is 30.2 Å². The third kappa shape index (κ3) is 4.05. The van der Waals surface area contributed by atoms with Crippen LogP contribution in [0.25, 0.3) is 0 Å². The van der Waals surface area contributed by atoms with Crippen molar-refractivity contribution in [1.29, 1.82) is 0 Å². The average Bonchev–Trinajstić information content (AvgIpc) is 3.18. The van der Waals surface area contributed by atoms with Crippen LogP contribution < -0.4 is 9.64 Å². The summed E-state index contributed by atoms with van der Waals surface area (Å²) in [6, 6.07) is 2.19. The molecule has 0 aromatic carbocycles. The van der Waals surface area contributed by atoms with Gasteiger partial charge in [-0.3, -0.25) is 4.90 Å². The van der Waals surface area contributed by atoms with Crippen molar-refractivity contribution in [3.8, 4) is 5.88 Å². The van der Waals surface area contributed by atoms with Crippen LogP contribution in [0.5, 0.6) is 5.88 Å². The molecule has 5 nitrogen and oxygen atoms in total. The SMILES string of the molecule is CCCN(C)c1nccnc1OC1CCN(Cc2sccc2C)C1. The third-order valence-corrected chi connectivity index (χ3v) is 5.42. The molecule has 0 spiro atoms. The minimum absolute atomic E-state index is 0.191. The summed E-state index contributed by atoms with van der Waals surface area (Å²) in [6.07, 6.45) is 5.74. The van der Waals surface area contributed by atoms with Crippen molar-refractivity contribution in [2.24, 2.45) is 0 Å². The summed E-state index contributed by atoms with van der Waals surface area (Å²) >= 11 is 1.84. The van der Waals surface area contributed by atoms with Crippen LogP contribution in [-0.2, 0) is 6.54 Å². The van der Waals surface area contributed by atoms with E-state index in [9.17, 15) is 0 Å². The van der Waals surface area contributed by atoms with Gasteiger partial charge in [-0.1, -0.05) is 6.92 Å². The van der Waals surface area contributed by atoms with E-state index in [-0.39, 0.29) is 6.10 Å². The average molecular weight is 346 g/mol. The Morgan fingerprint density at radius 1 is 1.38 bits per heavy atom. The lowest BCUT2D eigenvalue weighted by Crippen LogP contribution is -2.26. The summed E-state index contributed by atoms with van der Waals surface area (Å²) < 4.78 is 6.20. The van der Waals surface area contributed by atoms with E-state index in [0.29, 0.717) is 5.88 Å². The fourth-order valence-corrected chi connectivity index (χ4v) is 4.02. The van der Waals surface area contributed by atoms with Crippen molar-refractivity contribution in [3.63, 3.8) is 0 Å². The molecule has 2 aromatic rings. The van der Waals surface area contributed by atoms with E-state index >= 15 is 0 Å². The second-order valence-electron chi connectivity index (χ2n) is 6.40. The van der Waals surface area contributed by atoms with Crippen molar-refractivity contribution in [2.75, 3.05) is 31.6 Å². The van der Waals surface area contributed by atoms with Gasteiger partial charge < -0.3 is 9.64 Å². The number of hydrogen-bond acceptors (Lipinski definition) is 6. The van der Waals surface area contributed by atoms with Crippen LogP contribution >= 0.6 is 11.3 Å². The zero-order valence-corrected chi connectivity index (χ0v) is 15.6. The molecule has 0 amide bonds. The first kappa shape index (κ1) is 17.2. The molecule has 1 fully saturated rings. The highest BCUT2D eigenvalue weighted by Gasteiger charge is 2.26. The molecule has 1 saturated heterocycles. The molecule has 1 aliphatic heterocycles. The van der Waals surface area contributed by atoms with Gasteiger partial charge in [0.1, 0.15) is 6.10 Å². The number of ether oxygens (including phenoxy) is 1. The van der Waals surface area contributed by atoms with Gasteiger partial charge in [0.05, 0.1) is 0 Å². The minimum Gasteiger partial charge on any atom is -0.470 e. The molecule has 130 valence electrons. The predicted molar refractivity (Wildman–Crippen MR) is 99.0 cm³/mol. The second-order valence-corrected chi connectivity index (χ2v) is 7.40. The minimum atomic E-state index is 0.191. The van der Waals surface area contributed by atoms with Gasteiger partial charge in [-0.25, -0.2) is 9.97 Å².